The highest BCUT2D eigenvalue weighted by atomic mass is 14.8. The summed E-state index contributed by atoms with van der Waals surface area (Å²) in [4.78, 5) is 0. The van der Waals surface area contributed by atoms with Gasteiger partial charge in [-0.25, -0.2) is 0 Å². The van der Waals surface area contributed by atoms with Crippen LogP contribution in [0.25, 0.3) is 0 Å². The first-order valence-corrected chi connectivity index (χ1v) is 6.39. The second kappa shape index (κ2) is 8.96. The molecule has 1 heteroatoms. The molecule has 0 radical (unpaired) electrons. The maximum absolute atomic E-state index is 4.10. The second-order valence-electron chi connectivity index (χ2n) is 5.00. The summed E-state index contributed by atoms with van der Waals surface area (Å²) in [7, 11) is 2.02. The summed E-state index contributed by atoms with van der Waals surface area (Å²) in [6.45, 7) is 12.0. The van der Waals surface area contributed by atoms with Gasteiger partial charge in [-0.2, -0.15) is 0 Å². The van der Waals surface area contributed by atoms with Crippen LogP contribution in [0.2, 0.25) is 0 Å². The summed E-state index contributed by atoms with van der Waals surface area (Å²) in [6, 6.07) is 0. The fourth-order valence-corrected chi connectivity index (χ4v) is 2.17. The van der Waals surface area contributed by atoms with Crippen molar-refractivity contribution in [1.29, 1.82) is 0 Å². The van der Waals surface area contributed by atoms with Crippen molar-refractivity contribution in [2.45, 2.75) is 52.9 Å². The number of allylic oxidation sites excluding steroid dienone is 1. The van der Waals surface area contributed by atoms with E-state index in [1.165, 1.54) is 37.7 Å². The van der Waals surface area contributed by atoms with E-state index in [0.29, 0.717) is 0 Å². The van der Waals surface area contributed by atoms with Crippen LogP contribution in [0.15, 0.2) is 12.2 Å². The van der Waals surface area contributed by atoms with Crippen LogP contribution in [-0.4, -0.2) is 13.6 Å². The molecular formula is C14H29N. The summed E-state index contributed by atoms with van der Waals surface area (Å²) in [5.74, 6) is 1.48. The summed E-state index contributed by atoms with van der Waals surface area (Å²) < 4.78 is 0. The van der Waals surface area contributed by atoms with Gasteiger partial charge in [-0.1, -0.05) is 45.3 Å². The first-order chi connectivity index (χ1) is 7.09. The number of hydrogen-bond donors (Lipinski definition) is 1. The fourth-order valence-electron chi connectivity index (χ4n) is 2.17. The summed E-state index contributed by atoms with van der Waals surface area (Å²) in [6.07, 6.45) is 6.74. The first kappa shape index (κ1) is 14.7. The van der Waals surface area contributed by atoms with Crippen LogP contribution >= 0.6 is 0 Å². The molecule has 0 aromatic carbocycles. The van der Waals surface area contributed by atoms with Crippen LogP contribution in [0.5, 0.6) is 0 Å². The largest absolute Gasteiger partial charge is 0.320 e. The minimum Gasteiger partial charge on any atom is -0.320 e. The van der Waals surface area contributed by atoms with Gasteiger partial charge in [-0.15, -0.1) is 0 Å². The Hall–Kier alpha value is -0.300. The summed E-state index contributed by atoms with van der Waals surface area (Å²) in [5.41, 5.74) is 1.36. The number of unbranched alkanes of at least 4 members (excludes halogenated alkanes) is 3. The van der Waals surface area contributed by atoms with Gasteiger partial charge in [0.2, 0.25) is 0 Å². The Bertz CT molecular complexity index is 161. The quantitative estimate of drug-likeness (QED) is 0.449. The van der Waals surface area contributed by atoms with Gasteiger partial charge in [0.15, 0.2) is 0 Å². The monoisotopic (exact) mass is 211 g/mol. The zero-order valence-corrected chi connectivity index (χ0v) is 11.1. The molecule has 0 amide bonds. The highest BCUT2D eigenvalue weighted by Gasteiger charge is 2.12. The van der Waals surface area contributed by atoms with Crippen molar-refractivity contribution in [3.05, 3.63) is 12.2 Å². The van der Waals surface area contributed by atoms with Crippen molar-refractivity contribution in [2.24, 2.45) is 11.8 Å². The first-order valence-electron chi connectivity index (χ1n) is 6.39. The molecule has 0 aromatic heterocycles. The predicted molar refractivity (Wildman–Crippen MR) is 70.2 cm³/mol. The molecule has 1 nitrogen and oxygen atoms in total. The molecular weight excluding hydrogens is 182 g/mol. The molecule has 0 heterocycles. The van der Waals surface area contributed by atoms with Crippen molar-refractivity contribution in [2.75, 3.05) is 13.6 Å². The molecule has 0 fully saturated rings. The highest BCUT2D eigenvalue weighted by molar-refractivity contribution is 4.97. The Balaban J connectivity index is 3.50. The van der Waals surface area contributed by atoms with Crippen LogP contribution in [0.1, 0.15) is 52.9 Å². The smallest absolute Gasteiger partial charge is 0.00519 e. The van der Waals surface area contributed by atoms with E-state index < -0.39 is 0 Å². The maximum Gasteiger partial charge on any atom is -0.00519 e. The third-order valence-electron chi connectivity index (χ3n) is 3.13. The van der Waals surface area contributed by atoms with E-state index in [-0.39, 0.29) is 0 Å². The number of rotatable bonds is 9. The van der Waals surface area contributed by atoms with E-state index in [4.69, 9.17) is 0 Å². The van der Waals surface area contributed by atoms with Gasteiger partial charge in [0.05, 0.1) is 0 Å². The molecule has 0 spiro atoms. The molecule has 0 bridgehead atoms. The molecule has 0 saturated carbocycles. The van der Waals surface area contributed by atoms with Gasteiger partial charge < -0.3 is 5.32 Å². The standard InChI is InChI=1S/C14H29N/c1-12(2)14(13(3)4)10-8-6-7-9-11-15-5/h13-15H,1,6-11H2,2-5H3. The van der Waals surface area contributed by atoms with E-state index in [0.717, 1.165) is 18.4 Å². The van der Waals surface area contributed by atoms with Gasteiger partial charge >= 0.3 is 0 Å². The second-order valence-corrected chi connectivity index (χ2v) is 5.00. The molecule has 0 aliphatic carbocycles. The van der Waals surface area contributed by atoms with E-state index >= 15 is 0 Å². The molecule has 1 N–H and O–H groups in total. The van der Waals surface area contributed by atoms with Gasteiger partial charge in [-0.05, 0) is 45.2 Å². The lowest BCUT2D eigenvalue weighted by Gasteiger charge is -2.20. The van der Waals surface area contributed by atoms with Crippen molar-refractivity contribution in [3.8, 4) is 0 Å². The molecule has 1 unspecified atom stereocenters. The summed E-state index contributed by atoms with van der Waals surface area (Å²) in [5, 5.41) is 3.19. The fraction of sp³-hybridized carbons (Fsp3) is 0.857. The zero-order valence-electron chi connectivity index (χ0n) is 11.1. The zero-order chi connectivity index (χ0) is 11.7. The number of nitrogens with one attached hydrogen (secondary N) is 1. The third-order valence-corrected chi connectivity index (χ3v) is 3.13. The van der Waals surface area contributed by atoms with Crippen LogP contribution in [0.4, 0.5) is 0 Å². The Morgan fingerprint density at radius 1 is 1.13 bits per heavy atom. The number of hydrogen-bond acceptors (Lipinski definition) is 1. The van der Waals surface area contributed by atoms with E-state index in [9.17, 15) is 0 Å². The van der Waals surface area contributed by atoms with Gasteiger partial charge in [0.1, 0.15) is 0 Å². The Morgan fingerprint density at radius 3 is 2.20 bits per heavy atom. The van der Waals surface area contributed by atoms with Crippen LogP contribution < -0.4 is 5.32 Å². The lowest BCUT2D eigenvalue weighted by molar-refractivity contribution is 0.396. The predicted octanol–water partition coefficient (Wildman–Crippen LogP) is 4.00. The van der Waals surface area contributed by atoms with Crippen LogP contribution in [0.3, 0.4) is 0 Å². The van der Waals surface area contributed by atoms with Crippen LogP contribution in [0, 0.1) is 11.8 Å². The van der Waals surface area contributed by atoms with Gasteiger partial charge in [0.25, 0.3) is 0 Å². The lowest BCUT2D eigenvalue weighted by Crippen LogP contribution is -2.10. The van der Waals surface area contributed by atoms with Crippen molar-refractivity contribution >= 4 is 0 Å². The maximum atomic E-state index is 4.10. The average Bonchev–Trinajstić information content (AvgIpc) is 2.15. The van der Waals surface area contributed by atoms with E-state index in [1.807, 2.05) is 7.05 Å². The van der Waals surface area contributed by atoms with E-state index in [1.54, 1.807) is 0 Å². The van der Waals surface area contributed by atoms with Crippen LogP contribution in [-0.2, 0) is 0 Å². The molecule has 90 valence electrons. The SMILES string of the molecule is C=C(C)C(CCCCCCNC)C(C)C. The Morgan fingerprint density at radius 2 is 1.73 bits per heavy atom. The lowest BCUT2D eigenvalue weighted by atomic mass is 9.85. The minimum atomic E-state index is 0.731. The van der Waals surface area contributed by atoms with E-state index in [2.05, 4.69) is 32.7 Å². The molecule has 0 aromatic rings. The Kier molecular flexibility index (Phi) is 8.79. The molecule has 15 heavy (non-hydrogen) atoms. The normalized spacial score (nSPS) is 13.1. The van der Waals surface area contributed by atoms with Crippen molar-refractivity contribution < 1.29 is 0 Å². The molecule has 0 rings (SSSR count). The molecule has 0 aliphatic rings. The highest BCUT2D eigenvalue weighted by Crippen LogP contribution is 2.25. The molecule has 0 saturated heterocycles. The van der Waals surface area contributed by atoms with Crippen molar-refractivity contribution in [1.82, 2.24) is 5.32 Å². The Labute approximate surface area is 96.3 Å². The average molecular weight is 211 g/mol. The van der Waals surface area contributed by atoms with Crippen molar-refractivity contribution in [3.63, 3.8) is 0 Å². The molecule has 1 atom stereocenters. The van der Waals surface area contributed by atoms with Gasteiger partial charge in [-0.3, -0.25) is 0 Å². The topological polar surface area (TPSA) is 12.0 Å². The van der Waals surface area contributed by atoms with Gasteiger partial charge in [0, 0.05) is 0 Å². The summed E-state index contributed by atoms with van der Waals surface area (Å²) >= 11 is 0. The minimum absolute atomic E-state index is 0.731. The third kappa shape index (κ3) is 7.61. The molecule has 0 aliphatic heterocycles.